The highest BCUT2D eigenvalue weighted by Crippen LogP contribution is 2.12. The molecule has 5 nitrogen and oxygen atoms in total. The van der Waals surface area contributed by atoms with Crippen molar-refractivity contribution < 1.29 is 4.79 Å². The average Bonchev–Trinajstić information content (AvgIpc) is 2.60. The summed E-state index contributed by atoms with van der Waals surface area (Å²) in [5.74, 6) is 5.91. The van der Waals surface area contributed by atoms with Crippen molar-refractivity contribution >= 4 is 11.7 Å². The number of pyridine rings is 1. The van der Waals surface area contributed by atoms with Gasteiger partial charge in [-0.05, 0) is 42.5 Å². The fourth-order valence-electron chi connectivity index (χ4n) is 2.30. The second-order valence-corrected chi connectivity index (χ2v) is 5.60. The molecule has 0 aliphatic carbocycles. The van der Waals surface area contributed by atoms with E-state index in [4.69, 9.17) is 5.84 Å². The number of aromatic nitrogens is 1. The summed E-state index contributed by atoms with van der Waals surface area (Å²) in [6.07, 6.45) is 4.16. The second-order valence-electron chi connectivity index (χ2n) is 5.60. The van der Waals surface area contributed by atoms with E-state index in [1.54, 1.807) is 0 Å². The first-order valence-corrected chi connectivity index (χ1v) is 7.85. The Kier molecular flexibility index (Phi) is 6.11. The summed E-state index contributed by atoms with van der Waals surface area (Å²) >= 11 is 0. The van der Waals surface area contributed by atoms with Crippen LogP contribution in [0.4, 0.5) is 5.82 Å². The zero-order valence-electron chi connectivity index (χ0n) is 13.7. The minimum Gasteiger partial charge on any atom is -0.360 e. The molecule has 1 aromatic carbocycles. The third-order valence-corrected chi connectivity index (χ3v) is 3.93. The molecule has 0 aliphatic heterocycles. The van der Waals surface area contributed by atoms with Gasteiger partial charge in [0.05, 0.1) is 6.42 Å². The molecule has 0 bridgehead atoms. The van der Waals surface area contributed by atoms with E-state index in [-0.39, 0.29) is 5.91 Å². The fraction of sp³-hybridized carbons (Fsp3) is 0.333. The van der Waals surface area contributed by atoms with Gasteiger partial charge in [0, 0.05) is 19.8 Å². The Morgan fingerprint density at radius 3 is 2.26 bits per heavy atom. The maximum Gasteiger partial charge on any atom is 0.238 e. The molecule has 3 N–H and O–H groups in total. The van der Waals surface area contributed by atoms with Gasteiger partial charge in [0.1, 0.15) is 5.82 Å². The molecule has 0 saturated carbocycles. The largest absolute Gasteiger partial charge is 0.360 e. The number of rotatable bonds is 7. The lowest BCUT2D eigenvalue weighted by Crippen LogP contribution is -2.31. The lowest BCUT2D eigenvalue weighted by atomic mass is 10.0. The summed E-state index contributed by atoms with van der Waals surface area (Å²) in [7, 11) is 2.04. The molecule has 0 fully saturated rings. The van der Waals surface area contributed by atoms with Gasteiger partial charge in [0.15, 0.2) is 0 Å². The van der Waals surface area contributed by atoms with Gasteiger partial charge in [-0.15, -0.1) is 0 Å². The van der Waals surface area contributed by atoms with E-state index < -0.39 is 0 Å². The van der Waals surface area contributed by atoms with Crippen molar-refractivity contribution in [3.8, 4) is 0 Å². The van der Waals surface area contributed by atoms with Crippen molar-refractivity contribution in [1.82, 2.24) is 10.4 Å². The minimum atomic E-state index is -0.180. The molecule has 1 amide bonds. The quantitative estimate of drug-likeness (QED) is 0.465. The molecule has 23 heavy (non-hydrogen) atoms. The van der Waals surface area contributed by atoms with Crippen molar-refractivity contribution in [2.75, 3.05) is 18.5 Å². The standard InChI is InChI=1S/C18H24N4O/c1-3-22(2)17-11-10-16(13-20-17)9-6-14-4-7-15(8-5-14)12-18(23)21-19/h4-5,7-8,10-11,13H,3,6,9,12,19H2,1-2H3,(H,21,23). The number of nitrogens with two attached hydrogens (primary N) is 1. The molecule has 0 saturated heterocycles. The molecule has 0 aliphatic rings. The molecular weight excluding hydrogens is 288 g/mol. The van der Waals surface area contributed by atoms with Crippen LogP contribution in [0.5, 0.6) is 0 Å². The number of nitrogens with zero attached hydrogens (tertiary/aromatic N) is 2. The van der Waals surface area contributed by atoms with Crippen molar-refractivity contribution in [2.45, 2.75) is 26.2 Å². The van der Waals surface area contributed by atoms with Crippen LogP contribution in [0.3, 0.4) is 0 Å². The van der Waals surface area contributed by atoms with E-state index in [0.29, 0.717) is 6.42 Å². The highest BCUT2D eigenvalue weighted by molar-refractivity contribution is 5.77. The predicted molar refractivity (Wildman–Crippen MR) is 93.1 cm³/mol. The summed E-state index contributed by atoms with van der Waals surface area (Å²) in [5.41, 5.74) is 5.58. The topological polar surface area (TPSA) is 71.2 Å². The zero-order valence-corrected chi connectivity index (χ0v) is 13.7. The molecule has 0 atom stereocenters. The molecule has 1 aromatic heterocycles. The number of carbonyl (C=O) groups excluding carboxylic acids is 1. The normalized spacial score (nSPS) is 10.4. The number of anilines is 1. The van der Waals surface area contributed by atoms with Crippen LogP contribution in [-0.2, 0) is 24.1 Å². The van der Waals surface area contributed by atoms with Crippen molar-refractivity contribution in [2.24, 2.45) is 5.84 Å². The van der Waals surface area contributed by atoms with E-state index in [1.165, 1.54) is 11.1 Å². The predicted octanol–water partition coefficient (Wildman–Crippen LogP) is 1.86. The van der Waals surface area contributed by atoms with Crippen LogP contribution >= 0.6 is 0 Å². The molecule has 2 aromatic rings. The Morgan fingerprint density at radius 2 is 1.70 bits per heavy atom. The first kappa shape index (κ1) is 17.0. The average molecular weight is 312 g/mol. The molecule has 0 radical (unpaired) electrons. The smallest absolute Gasteiger partial charge is 0.238 e. The van der Waals surface area contributed by atoms with Crippen LogP contribution in [0.15, 0.2) is 42.6 Å². The van der Waals surface area contributed by atoms with Gasteiger partial charge >= 0.3 is 0 Å². The lowest BCUT2D eigenvalue weighted by molar-refractivity contribution is -0.120. The van der Waals surface area contributed by atoms with Crippen molar-refractivity contribution in [3.63, 3.8) is 0 Å². The molecule has 0 unspecified atom stereocenters. The first-order chi connectivity index (χ1) is 11.1. The van der Waals surface area contributed by atoms with Gasteiger partial charge in [0.25, 0.3) is 0 Å². The monoisotopic (exact) mass is 312 g/mol. The van der Waals surface area contributed by atoms with Gasteiger partial charge in [-0.25, -0.2) is 10.8 Å². The third kappa shape index (κ3) is 5.07. The van der Waals surface area contributed by atoms with Gasteiger partial charge in [-0.2, -0.15) is 0 Å². The minimum absolute atomic E-state index is 0.180. The van der Waals surface area contributed by atoms with Crippen LogP contribution in [-0.4, -0.2) is 24.5 Å². The highest BCUT2D eigenvalue weighted by Gasteiger charge is 2.03. The van der Waals surface area contributed by atoms with Crippen LogP contribution in [0, 0.1) is 0 Å². The number of hydrogen-bond donors (Lipinski definition) is 2. The Balaban J connectivity index is 1.89. The van der Waals surface area contributed by atoms with E-state index >= 15 is 0 Å². The number of hydrazine groups is 1. The van der Waals surface area contributed by atoms with Gasteiger partial charge in [-0.1, -0.05) is 30.3 Å². The Labute approximate surface area is 137 Å². The van der Waals surface area contributed by atoms with E-state index in [1.807, 2.05) is 25.4 Å². The number of hydrogen-bond acceptors (Lipinski definition) is 4. The number of amides is 1. The molecule has 1 heterocycles. The molecule has 122 valence electrons. The SMILES string of the molecule is CCN(C)c1ccc(CCc2ccc(CC(=O)NN)cc2)cn1. The Bertz CT molecular complexity index is 622. The highest BCUT2D eigenvalue weighted by atomic mass is 16.2. The molecular formula is C18H24N4O. The van der Waals surface area contributed by atoms with Gasteiger partial charge in [0.2, 0.25) is 5.91 Å². The third-order valence-electron chi connectivity index (χ3n) is 3.93. The molecule has 0 spiro atoms. The van der Waals surface area contributed by atoms with Crippen LogP contribution < -0.4 is 16.2 Å². The fourth-order valence-corrected chi connectivity index (χ4v) is 2.30. The molecule has 5 heteroatoms. The summed E-state index contributed by atoms with van der Waals surface area (Å²) in [4.78, 5) is 17.8. The van der Waals surface area contributed by atoms with Crippen molar-refractivity contribution in [3.05, 3.63) is 59.3 Å². The van der Waals surface area contributed by atoms with Crippen LogP contribution in [0.1, 0.15) is 23.6 Å². The van der Waals surface area contributed by atoms with Gasteiger partial charge in [-0.3, -0.25) is 10.2 Å². The van der Waals surface area contributed by atoms with E-state index in [9.17, 15) is 4.79 Å². The summed E-state index contributed by atoms with van der Waals surface area (Å²) in [6.45, 7) is 3.05. The summed E-state index contributed by atoms with van der Waals surface area (Å²) in [5, 5.41) is 0. The maximum atomic E-state index is 11.2. The number of carbonyl (C=O) groups is 1. The summed E-state index contributed by atoms with van der Waals surface area (Å²) < 4.78 is 0. The van der Waals surface area contributed by atoms with Crippen LogP contribution in [0.25, 0.3) is 0 Å². The first-order valence-electron chi connectivity index (χ1n) is 7.85. The zero-order chi connectivity index (χ0) is 16.7. The number of benzene rings is 1. The second kappa shape index (κ2) is 8.29. The van der Waals surface area contributed by atoms with Crippen molar-refractivity contribution in [1.29, 1.82) is 0 Å². The lowest BCUT2D eigenvalue weighted by Gasteiger charge is -2.15. The van der Waals surface area contributed by atoms with E-state index in [0.717, 1.165) is 30.8 Å². The maximum absolute atomic E-state index is 11.2. The Morgan fingerprint density at radius 1 is 1.09 bits per heavy atom. The molecule has 2 rings (SSSR count). The Hall–Kier alpha value is -2.40. The van der Waals surface area contributed by atoms with Gasteiger partial charge < -0.3 is 4.90 Å². The van der Waals surface area contributed by atoms with E-state index in [2.05, 4.69) is 46.5 Å². The number of aryl methyl sites for hydroxylation is 2. The number of nitrogens with one attached hydrogen (secondary N) is 1. The van der Waals surface area contributed by atoms with Crippen LogP contribution in [0.2, 0.25) is 0 Å². The summed E-state index contributed by atoms with van der Waals surface area (Å²) in [6, 6.07) is 12.3.